The van der Waals surface area contributed by atoms with Crippen LogP contribution in [0.5, 0.6) is 0 Å². The highest BCUT2D eigenvalue weighted by molar-refractivity contribution is 5.89. The minimum absolute atomic E-state index is 0.0764. The third kappa shape index (κ3) is 15.5. The number of carbonyl (C=O) groups is 4. The lowest BCUT2D eigenvalue weighted by Gasteiger charge is -2.29. The minimum atomic E-state index is -1.26. The average Bonchev–Trinajstić information content (AvgIpc) is 2.61. The maximum absolute atomic E-state index is 13.1. The quantitative estimate of drug-likeness (QED) is 0.359. The topological polar surface area (TPSA) is 134 Å². The van der Waals surface area contributed by atoms with Crippen molar-refractivity contribution in [1.82, 2.24) is 15.5 Å². The van der Waals surface area contributed by atoms with Crippen LogP contribution in [0.1, 0.15) is 81.6 Å². The molecule has 0 aliphatic carbocycles. The Kier molecular flexibility index (Phi) is 13.2. The van der Waals surface area contributed by atoms with Gasteiger partial charge in [0.1, 0.15) is 17.2 Å². The molecular formula is C24H45N3O7. The van der Waals surface area contributed by atoms with E-state index in [1.165, 1.54) is 0 Å². The van der Waals surface area contributed by atoms with Gasteiger partial charge in [0.15, 0.2) is 5.78 Å². The lowest BCUT2D eigenvalue weighted by molar-refractivity contribution is -0.140. The third-order valence-corrected chi connectivity index (χ3v) is 4.42. The first kappa shape index (κ1) is 31.6. The first-order chi connectivity index (χ1) is 15.4. The zero-order valence-electron chi connectivity index (χ0n) is 22.3. The monoisotopic (exact) mass is 487 g/mol. The Hall–Kier alpha value is -2.36. The van der Waals surface area contributed by atoms with E-state index in [9.17, 15) is 24.3 Å². The zero-order valence-corrected chi connectivity index (χ0v) is 22.3. The number of unbranched alkanes of at least 4 members (excludes halogenated alkanes) is 1. The number of carboxylic acids is 1. The maximum atomic E-state index is 13.1. The van der Waals surface area contributed by atoms with Gasteiger partial charge in [-0.15, -0.1) is 0 Å². The van der Waals surface area contributed by atoms with Gasteiger partial charge in [-0.1, -0.05) is 27.2 Å². The van der Waals surface area contributed by atoms with Crippen molar-refractivity contribution in [3.8, 4) is 0 Å². The van der Waals surface area contributed by atoms with E-state index in [-0.39, 0.29) is 24.8 Å². The number of carbonyl (C=O) groups excluding carboxylic acids is 3. The van der Waals surface area contributed by atoms with E-state index in [4.69, 9.17) is 9.47 Å². The summed E-state index contributed by atoms with van der Waals surface area (Å²) in [4.78, 5) is 51.0. The molecule has 0 rings (SSSR count). The number of aliphatic carboxylic acids is 1. The van der Waals surface area contributed by atoms with Crippen molar-refractivity contribution in [1.29, 1.82) is 0 Å². The molecule has 0 saturated carbocycles. The van der Waals surface area contributed by atoms with Crippen LogP contribution in [-0.2, 0) is 19.1 Å². The largest absolute Gasteiger partial charge is 0.480 e. The molecule has 0 aliphatic heterocycles. The number of rotatable bonds is 13. The predicted octanol–water partition coefficient (Wildman–Crippen LogP) is 3.57. The second kappa shape index (κ2) is 14.1. The summed E-state index contributed by atoms with van der Waals surface area (Å²) in [7, 11) is 0. The molecule has 0 heterocycles. The van der Waals surface area contributed by atoms with Gasteiger partial charge in [0.2, 0.25) is 0 Å². The van der Waals surface area contributed by atoms with E-state index in [1.807, 2.05) is 20.8 Å². The second-order valence-corrected chi connectivity index (χ2v) is 10.9. The smallest absolute Gasteiger partial charge is 0.408 e. The fraction of sp³-hybridized carbons (Fsp3) is 0.833. The summed E-state index contributed by atoms with van der Waals surface area (Å²) in [5, 5.41) is 14.7. The summed E-state index contributed by atoms with van der Waals surface area (Å²) in [6.07, 6.45) is 0.471. The van der Waals surface area contributed by atoms with Crippen molar-refractivity contribution in [3.63, 3.8) is 0 Å². The van der Waals surface area contributed by atoms with Gasteiger partial charge in [0.05, 0.1) is 12.6 Å². The molecule has 2 unspecified atom stereocenters. The van der Waals surface area contributed by atoms with Crippen LogP contribution in [0, 0.1) is 5.92 Å². The number of Topliss-reactive ketones (excluding diaryl/α,β-unsaturated/α-hetero) is 1. The van der Waals surface area contributed by atoms with Crippen molar-refractivity contribution >= 4 is 23.9 Å². The number of carboxylic acid groups (broad SMARTS) is 1. The maximum Gasteiger partial charge on any atom is 0.408 e. The van der Waals surface area contributed by atoms with Crippen molar-refractivity contribution in [2.24, 2.45) is 5.92 Å². The fourth-order valence-electron chi connectivity index (χ4n) is 3.03. The molecule has 2 amide bonds. The third-order valence-electron chi connectivity index (χ3n) is 4.42. The summed E-state index contributed by atoms with van der Waals surface area (Å²) in [5.41, 5.74) is -1.48. The fourth-order valence-corrected chi connectivity index (χ4v) is 3.03. The molecule has 0 aromatic rings. The summed E-state index contributed by atoms with van der Waals surface area (Å²) in [6, 6.07) is -2.04. The molecule has 10 nitrogen and oxygen atoms in total. The molecule has 0 aromatic carbocycles. The predicted molar refractivity (Wildman–Crippen MR) is 130 cm³/mol. The zero-order chi connectivity index (χ0) is 26.7. The highest BCUT2D eigenvalue weighted by Gasteiger charge is 2.30. The molecule has 198 valence electrons. The number of ether oxygens (including phenoxy) is 2. The number of amides is 2. The number of ketones is 1. The van der Waals surface area contributed by atoms with Gasteiger partial charge in [-0.3, -0.25) is 9.69 Å². The molecule has 0 radical (unpaired) electrons. The summed E-state index contributed by atoms with van der Waals surface area (Å²) >= 11 is 0. The number of hydrogen-bond donors (Lipinski definition) is 3. The summed E-state index contributed by atoms with van der Waals surface area (Å²) in [6.45, 7) is 16.4. The standard InChI is InChI=1S/C24H45N3O7/c1-10-11-12-27(14-18(20(29)30)26-22(32)34-24(7,8)9)15-19(28)17(13-16(2)3)25-21(31)33-23(4,5)6/h16-18H,10-15H2,1-9H3,(H,25,31)(H,26,32)(H,29,30). The molecule has 0 aromatic heterocycles. The summed E-state index contributed by atoms with van der Waals surface area (Å²) < 4.78 is 10.5. The van der Waals surface area contributed by atoms with Crippen LogP contribution in [0.4, 0.5) is 9.59 Å². The molecule has 10 heteroatoms. The molecule has 0 bridgehead atoms. The molecule has 0 aliphatic rings. The Morgan fingerprint density at radius 3 is 1.74 bits per heavy atom. The number of alkyl carbamates (subject to hydrolysis) is 2. The van der Waals surface area contributed by atoms with E-state index < -0.39 is 41.4 Å². The van der Waals surface area contributed by atoms with Crippen LogP contribution in [0.25, 0.3) is 0 Å². The van der Waals surface area contributed by atoms with Gasteiger partial charge < -0.3 is 25.2 Å². The first-order valence-electron chi connectivity index (χ1n) is 11.9. The van der Waals surface area contributed by atoms with Gasteiger partial charge in [-0.05, 0) is 66.8 Å². The van der Waals surface area contributed by atoms with E-state index in [0.29, 0.717) is 13.0 Å². The van der Waals surface area contributed by atoms with Crippen molar-refractivity contribution in [3.05, 3.63) is 0 Å². The van der Waals surface area contributed by atoms with Crippen LogP contribution in [0.2, 0.25) is 0 Å². The number of nitrogens with zero attached hydrogens (tertiary/aromatic N) is 1. The van der Waals surface area contributed by atoms with Crippen molar-refractivity contribution in [2.45, 2.75) is 105 Å². The lowest BCUT2D eigenvalue weighted by Crippen LogP contribution is -2.52. The number of nitrogens with one attached hydrogen (secondary N) is 2. The van der Waals surface area contributed by atoms with Crippen LogP contribution in [-0.4, -0.2) is 76.9 Å². The van der Waals surface area contributed by atoms with Crippen LogP contribution >= 0.6 is 0 Å². The molecule has 0 spiro atoms. The number of hydrogen-bond acceptors (Lipinski definition) is 7. The molecule has 2 atom stereocenters. The van der Waals surface area contributed by atoms with Gasteiger partial charge in [-0.2, -0.15) is 0 Å². The van der Waals surface area contributed by atoms with E-state index in [0.717, 1.165) is 12.8 Å². The van der Waals surface area contributed by atoms with E-state index >= 15 is 0 Å². The van der Waals surface area contributed by atoms with Crippen LogP contribution in [0.3, 0.4) is 0 Å². The minimum Gasteiger partial charge on any atom is -0.480 e. The first-order valence-corrected chi connectivity index (χ1v) is 11.9. The SMILES string of the molecule is CCCCN(CC(=O)C(CC(C)C)NC(=O)OC(C)(C)C)CC(NC(=O)OC(C)(C)C)C(=O)O. The van der Waals surface area contributed by atoms with Gasteiger partial charge in [-0.25, -0.2) is 14.4 Å². The Morgan fingerprint density at radius 2 is 1.35 bits per heavy atom. The van der Waals surface area contributed by atoms with Crippen LogP contribution in [0.15, 0.2) is 0 Å². The highest BCUT2D eigenvalue weighted by Crippen LogP contribution is 2.12. The van der Waals surface area contributed by atoms with E-state index in [2.05, 4.69) is 10.6 Å². The molecule has 0 saturated heterocycles. The highest BCUT2D eigenvalue weighted by atomic mass is 16.6. The van der Waals surface area contributed by atoms with Gasteiger partial charge in [0.25, 0.3) is 0 Å². The molecule has 34 heavy (non-hydrogen) atoms. The Balaban J connectivity index is 5.45. The molecule has 0 fully saturated rings. The Labute approximate surface area is 204 Å². The molecular weight excluding hydrogens is 442 g/mol. The Morgan fingerprint density at radius 1 is 0.882 bits per heavy atom. The Bertz CT molecular complexity index is 681. The van der Waals surface area contributed by atoms with Gasteiger partial charge >= 0.3 is 18.2 Å². The van der Waals surface area contributed by atoms with Gasteiger partial charge in [0, 0.05) is 6.54 Å². The van der Waals surface area contributed by atoms with Crippen LogP contribution < -0.4 is 10.6 Å². The summed E-state index contributed by atoms with van der Waals surface area (Å²) in [5.74, 6) is -1.35. The normalized spacial score (nSPS) is 13.9. The lowest BCUT2D eigenvalue weighted by atomic mass is 10.00. The second-order valence-electron chi connectivity index (χ2n) is 10.9. The molecule has 3 N–H and O–H groups in total. The van der Waals surface area contributed by atoms with E-state index in [1.54, 1.807) is 46.4 Å². The van der Waals surface area contributed by atoms with Crippen molar-refractivity contribution in [2.75, 3.05) is 19.6 Å². The van der Waals surface area contributed by atoms with Crippen molar-refractivity contribution < 1.29 is 33.8 Å². The average molecular weight is 488 g/mol.